The van der Waals surface area contributed by atoms with Crippen molar-refractivity contribution < 1.29 is 60.3 Å². The summed E-state index contributed by atoms with van der Waals surface area (Å²) >= 11 is 0. The predicted molar refractivity (Wildman–Crippen MR) is 192 cm³/mol. The fraction of sp³-hybridized carbons (Fsp3) is 0.316. The lowest BCUT2D eigenvalue weighted by Gasteiger charge is -2.40. The fourth-order valence-electron chi connectivity index (χ4n) is 6.17. The Morgan fingerprint density at radius 2 is 1.76 bits per heavy atom. The number of benzene rings is 3. The highest BCUT2D eigenvalue weighted by Crippen LogP contribution is 2.53. The Morgan fingerprint density at radius 1 is 1.09 bits per heavy atom. The molecule has 12 nitrogen and oxygen atoms in total. The number of allylic oxidation sites excluding steroid dienone is 3. The Bertz CT molecular complexity index is 2020. The Balaban J connectivity index is 0.00000122. The van der Waals surface area contributed by atoms with Crippen molar-refractivity contribution in [2.24, 2.45) is 0 Å². The first-order chi connectivity index (χ1) is 25.4. The molecular formula is C38H41F3N2O10S. The zero-order chi connectivity index (χ0) is 40.0. The highest BCUT2D eigenvalue weighted by atomic mass is 32.2. The van der Waals surface area contributed by atoms with E-state index in [0.717, 1.165) is 43.0 Å². The third-order valence-electron chi connectivity index (χ3n) is 8.71. The number of amides is 1. The van der Waals surface area contributed by atoms with Crippen LogP contribution >= 0.6 is 0 Å². The number of aliphatic hydroxyl groups excluding tert-OH is 1. The SMILES string of the molecule is C/C=C(\CC1(N2C[C@H](O)CC2C(=O)OCc2ccccc2)C(=O)N(S(=O)(=O)c2ccc(OC)cc2OC(F)(F)F)c2ccc(O)cc21)OC.C=CC(=C)C. The van der Waals surface area contributed by atoms with Crippen LogP contribution in [-0.4, -0.2) is 74.7 Å². The number of halogens is 3. The van der Waals surface area contributed by atoms with Crippen molar-refractivity contribution in [2.45, 2.75) is 62.2 Å². The number of anilines is 1. The van der Waals surface area contributed by atoms with E-state index in [9.17, 15) is 41.4 Å². The largest absolute Gasteiger partial charge is 0.573 e. The number of carbonyl (C=O) groups excluding carboxylic acids is 2. The van der Waals surface area contributed by atoms with Gasteiger partial charge in [0.15, 0.2) is 5.75 Å². The third-order valence-corrected chi connectivity index (χ3v) is 10.4. The number of phenols is 1. The average molecular weight is 775 g/mol. The zero-order valence-electron chi connectivity index (χ0n) is 30.0. The second kappa shape index (κ2) is 16.8. The lowest BCUT2D eigenvalue weighted by atomic mass is 9.84. The third kappa shape index (κ3) is 8.72. The minimum absolute atomic E-state index is 0.112. The number of esters is 1. The first-order valence-corrected chi connectivity index (χ1v) is 17.9. The number of hydrogen-bond donors (Lipinski definition) is 2. The van der Waals surface area contributed by atoms with Gasteiger partial charge < -0.3 is 29.2 Å². The summed E-state index contributed by atoms with van der Waals surface area (Å²) in [5.41, 5.74) is -0.915. The number of carbonyl (C=O) groups is 2. The van der Waals surface area contributed by atoms with Crippen LogP contribution in [0.25, 0.3) is 0 Å². The summed E-state index contributed by atoms with van der Waals surface area (Å²) in [6, 6.07) is 13.4. The second-order valence-electron chi connectivity index (χ2n) is 12.3. The number of methoxy groups -OCH3 is 2. The molecule has 2 heterocycles. The molecule has 3 aromatic rings. The first-order valence-electron chi connectivity index (χ1n) is 16.4. The summed E-state index contributed by atoms with van der Waals surface area (Å²) in [6.45, 7) is 10.0. The molecule has 5 rings (SSSR count). The summed E-state index contributed by atoms with van der Waals surface area (Å²) in [4.78, 5) is 28.9. The quantitative estimate of drug-likeness (QED) is 0.125. The molecule has 0 aromatic heterocycles. The molecule has 3 atom stereocenters. The van der Waals surface area contributed by atoms with Gasteiger partial charge in [0.2, 0.25) is 0 Å². The predicted octanol–water partition coefficient (Wildman–Crippen LogP) is 6.10. The van der Waals surface area contributed by atoms with E-state index in [0.29, 0.717) is 15.9 Å². The standard InChI is InChI=1S/C33H33F3N2O10S.C5H8/c1-4-23(45-2)17-32(37-18-22(40)15-27(37)30(41)47-19-20-8-6-5-7-9-20)25-14-21(39)10-12-26(25)38(31(32)42)49(43,44)29-13-11-24(46-3)16-28(29)48-33(34,35)36;1-4-5(2)3/h4-14,16,22,27,39-40H,15,17-19H2,1-3H3;4H,1-2H2,3H3/b23-4+;/t22-,27?,32?;/m1./s1. The number of rotatable bonds is 12. The molecule has 0 spiro atoms. The van der Waals surface area contributed by atoms with Gasteiger partial charge >= 0.3 is 12.3 Å². The average Bonchev–Trinajstić information content (AvgIpc) is 3.64. The van der Waals surface area contributed by atoms with Crippen LogP contribution < -0.4 is 13.8 Å². The van der Waals surface area contributed by atoms with Gasteiger partial charge in [0.05, 0.1) is 31.8 Å². The summed E-state index contributed by atoms with van der Waals surface area (Å²) < 4.78 is 89.7. The van der Waals surface area contributed by atoms with Crippen molar-refractivity contribution in [1.82, 2.24) is 4.90 Å². The molecule has 3 aromatic carbocycles. The van der Waals surface area contributed by atoms with Gasteiger partial charge in [-0.15, -0.1) is 13.2 Å². The maximum Gasteiger partial charge on any atom is 0.573 e. The maximum absolute atomic E-state index is 15.0. The van der Waals surface area contributed by atoms with Gasteiger partial charge in [-0.25, -0.2) is 12.7 Å². The number of fused-ring (bicyclic) bond motifs is 1. The van der Waals surface area contributed by atoms with E-state index in [2.05, 4.69) is 17.9 Å². The van der Waals surface area contributed by atoms with Gasteiger partial charge in [-0.1, -0.05) is 55.1 Å². The van der Waals surface area contributed by atoms with Crippen molar-refractivity contribution in [1.29, 1.82) is 0 Å². The normalized spacial score (nSPS) is 20.0. The number of hydrogen-bond acceptors (Lipinski definition) is 11. The minimum atomic E-state index is -5.32. The molecule has 54 heavy (non-hydrogen) atoms. The summed E-state index contributed by atoms with van der Waals surface area (Å²) in [6.07, 6.45) is -3.90. The van der Waals surface area contributed by atoms with Gasteiger partial charge in [0, 0.05) is 31.0 Å². The number of sulfonamides is 1. The van der Waals surface area contributed by atoms with Gasteiger partial charge in [-0.3, -0.25) is 14.5 Å². The number of ether oxygens (including phenoxy) is 4. The molecule has 16 heteroatoms. The second-order valence-corrected chi connectivity index (χ2v) is 14.1. The zero-order valence-corrected chi connectivity index (χ0v) is 30.8. The number of aliphatic hydroxyl groups is 1. The van der Waals surface area contributed by atoms with Crippen molar-refractivity contribution in [2.75, 3.05) is 25.1 Å². The Labute approximate surface area is 311 Å². The first kappa shape index (κ1) is 41.4. The van der Waals surface area contributed by atoms with E-state index in [1.807, 2.05) is 6.92 Å². The summed E-state index contributed by atoms with van der Waals surface area (Å²) in [5.74, 6) is -3.60. The van der Waals surface area contributed by atoms with Crippen LogP contribution in [0.4, 0.5) is 18.9 Å². The molecule has 2 aliphatic heterocycles. The molecular weight excluding hydrogens is 733 g/mol. The topological polar surface area (TPSA) is 152 Å². The molecule has 2 unspecified atom stereocenters. The van der Waals surface area contributed by atoms with Crippen LogP contribution in [0.3, 0.4) is 0 Å². The molecule has 1 fully saturated rings. The number of likely N-dealkylation sites (tertiary alicyclic amines) is 1. The van der Waals surface area contributed by atoms with Crippen molar-refractivity contribution in [3.05, 3.63) is 114 Å². The van der Waals surface area contributed by atoms with Crippen molar-refractivity contribution >= 4 is 27.6 Å². The number of nitrogens with zero attached hydrogens (tertiary/aromatic N) is 2. The van der Waals surface area contributed by atoms with E-state index in [4.69, 9.17) is 14.2 Å². The molecule has 290 valence electrons. The van der Waals surface area contributed by atoms with Crippen LogP contribution in [0.15, 0.2) is 108 Å². The van der Waals surface area contributed by atoms with Gasteiger partial charge in [0.25, 0.3) is 15.9 Å². The maximum atomic E-state index is 15.0. The number of aromatic hydroxyl groups is 1. The van der Waals surface area contributed by atoms with E-state index in [1.54, 1.807) is 43.3 Å². The monoisotopic (exact) mass is 774 g/mol. The van der Waals surface area contributed by atoms with Crippen LogP contribution in [0.2, 0.25) is 0 Å². The smallest absolute Gasteiger partial charge is 0.508 e. The van der Waals surface area contributed by atoms with Crippen LogP contribution in [0, 0.1) is 0 Å². The molecule has 2 aliphatic rings. The molecule has 1 saturated heterocycles. The number of phenolic OH excluding ortho intramolecular Hbond substituents is 1. The van der Waals surface area contributed by atoms with E-state index < -0.39 is 63.0 Å². The Hall–Kier alpha value is -5.32. The van der Waals surface area contributed by atoms with Gasteiger partial charge in [-0.05, 0) is 55.8 Å². The molecule has 0 saturated carbocycles. The van der Waals surface area contributed by atoms with Gasteiger partial charge in [-0.2, -0.15) is 0 Å². The van der Waals surface area contributed by atoms with E-state index >= 15 is 0 Å². The molecule has 2 N–H and O–H groups in total. The lowest BCUT2D eigenvalue weighted by molar-refractivity contribution is -0.275. The highest BCUT2D eigenvalue weighted by Gasteiger charge is 2.63. The van der Waals surface area contributed by atoms with Crippen LogP contribution in [0.5, 0.6) is 17.2 Å². The van der Waals surface area contributed by atoms with Crippen LogP contribution in [0.1, 0.15) is 37.8 Å². The Morgan fingerprint density at radius 3 is 2.33 bits per heavy atom. The fourth-order valence-corrected chi connectivity index (χ4v) is 7.75. The minimum Gasteiger partial charge on any atom is -0.508 e. The molecule has 0 radical (unpaired) electrons. The van der Waals surface area contributed by atoms with E-state index in [1.165, 1.54) is 18.1 Å². The summed E-state index contributed by atoms with van der Waals surface area (Å²) in [5, 5.41) is 21.5. The highest BCUT2D eigenvalue weighted by molar-refractivity contribution is 7.93. The van der Waals surface area contributed by atoms with Crippen LogP contribution in [-0.2, 0) is 41.2 Å². The lowest BCUT2D eigenvalue weighted by Crippen LogP contribution is -2.58. The number of alkyl halides is 3. The molecule has 0 bridgehead atoms. The molecule has 1 amide bonds. The summed E-state index contributed by atoms with van der Waals surface area (Å²) in [7, 11) is -2.77. The van der Waals surface area contributed by atoms with E-state index in [-0.39, 0.29) is 48.1 Å². The number of β-amino-alcohol motifs (C(OH)–C–C–N with tert-alkyl or cyclic N) is 1. The molecule has 0 aliphatic carbocycles. The Kier molecular flexibility index (Phi) is 12.9. The van der Waals surface area contributed by atoms with Crippen molar-refractivity contribution in [3.8, 4) is 17.2 Å². The van der Waals surface area contributed by atoms with Crippen molar-refractivity contribution in [3.63, 3.8) is 0 Å². The van der Waals surface area contributed by atoms with Gasteiger partial charge in [0.1, 0.15) is 34.6 Å².